The number of fused-ring (bicyclic) bond motifs is 1. The predicted octanol–water partition coefficient (Wildman–Crippen LogP) is 3.01. The van der Waals surface area contributed by atoms with Crippen LogP contribution >= 0.6 is 11.6 Å². The summed E-state index contributed by atoms with van der Waals surface area (Å²) in [5.41, 5.74) is 3.06. The van der Waals surface area contributed by atoms with Crippen molar-refractivity contribution < 1.29 is 0 Å². The van der Waals surface area contributed by atoms with Crippen molar-refractivity contribution in [3.63, 3.8) is 0 Å². The van der Waals surface area contributed by atoms with E-state index in [2.05, 4.69) is 20.5 Å². The zero-order chi connectivity index (χ0) is 14.1. The first-order valence-electron chi connectivity index (χ1n) is 6.31. The highest BCUT2D eigenvalue weighted by Gasteiger charge is 2.10. The first-order chi connectivity index (χ1) is 9.66. The molecule has 0 amide bonds. The van der Waals surface area contributed by atoms with Crippen molar-refractivity contribution >= 4 is 23.2 Å². The topological polar surface area (TPSA) is 55.1 Å². The van der Waals surface area contributed by atoms with Crippen LogP contribution in [0.25, 0.3) is 5.78 Å². The summed E-state index contributed by atoms with van der Waals surface area (Å²) in [5.74, 6) is 1.53. The number of aromatic nitrogens is 4. The smallest absolute Gasteiger partial charge is 0.256 e. The third kappa shape index (κ3) is 2.20. The summed E-state index contributed by atoms with van der Waals surface area (Å²) < 4.78 is 1.85. The molecule has 20 heavy (non-hydrogen) atoms. The lowest BCUT2D eigenvalue weighted by atomic mass is 10.2. The van der Waals surface area contributed by atoms with Crippen molar-refractivity contribution in [2.45, 2.75) is 20.4 Å². The highest BCUT2D eigenvalue weighted by molar-refractivity contribution is 6.31. The first kappa shape index (κ1) is 12.9. The largest absolute Gasteiger partial charge is 0.367 e. The Labute approximate surface area is 121 Å². The maximum Gasteiger partial charge on any atom is 0.256 e. The molecule has 0 saturated carbocycles. The van der Waals surface area contributed by atoms with Gasteiger partial charge in [0, 0.05) is 22.8 Å². The minimum atomic E-state index is 0.592. The quantitative estimate of drug-likeness (QED) is 0.804. The predicted molar refractivity (Wildman–Crippen MR) is 79.0 cm³/mol. The van der Waals surface area contributed by atoms with Crippen LogP contribution in [0.4, 0.5) is 5.82 Å². The molecule has 6 heteroatoms. The van der Waals surface area contributed by atoms with E-state index in [1.165, 1.54) is 0 Å². The molecule has 0 spiro atoms. The van der Waals surface area contributed by atoms with Gasteiger partial charge in [0.25, 0.3) is 5.78 Å². The number of aryl methyl sites for hydroxylation is 1. The molecule has 102 valence electrons. The molecule has 0 unspecified atom stereocenters. The maximum atomic E-state index is 6.17. The van der Waals surface area contributed by atoms with Crippen molar-refractivity contribution in [3.8, 4) is 0 Å². The molecule has 0 aliphatic rings. The van der Waals surface area contributed by atoms with E-state index in [-0.39, 0.29) is 0 Å². The monoisotopic (exact) mass is 287 g/mol. The highest BCUT2D eigenvalue weighted by Crippen LogP contribution is 2.21. The standard InChI is InChI=1S/C14H14ClN5/c1-9-10(2)18-14-19-17-8-20(14)13(9)16-7-11-5-3-4-6-12(11)15/h3-6,8,16H,7H2,1-2H3. The average Bonchev–Trinajstić information content (AvgIpc) is 2.89. The average molecular weight is 288 g/mol. The highest BCUT2D eigenvalue weighted by atomic mass is 35.5. The lowest BCUT2D eigenvalue weighted by Crippen LogP contribution is -2.08. The van der Waals surface area contributed by atoms with Gasteiger partial charge in [-0.2, -0.15) is 0 Å². The van der Waals surface area contributed by atoms with Crippen LogP contribution in [-0.2, 0) is 6.54 Å². The molecule has 1 N–H and O–H groups in total. The molecule has 0 bridgehead atoms. The number of hydrogen-bond acceptors (Lipinski definition) is 4. The lowest BCUT2D eigenvalue weighted by molar-refractivity contribution is 1.00. The van der Waals surface area contributed by atoms with Gasteiger partial charge in [-0.15, -0.1) is 10.2 Å². The molecule has 3 aromatic rings. The van der Waals surface area contributed by atoms with E-state index in [9.17, 15) is 0 Å². The van der Waals surface area contributed by atoms with E-state index in [1.807, 2.05) is 42.5 Å². The van der Waals surface area contributed by atoms with Gasteiger partial charge in [0.05, 0.1) is 0 Å². The molecular formula is C14H14ClN5. The van der Waals surface area contributed by atoms with Crippen molar-refractivity contribution in [1.29, 1.82) is 0 Å². The fraction of sp³-hybridized carbons (Fsp3) is 0.214. The van der Waals surface area contributed by atoms with Gasteiger partial charge in [-0.1, -0.05) is 29.8 Å². The molecule has 0 aliphatic heterocycles. The molecule has 0 atom stereocenters. The third-order valence-corrected chi connectivity index (χ3v) is 3.71. The van der Waals surface area contributed by atoms with Crippen molar-refractivity contribution in [3.05, 3.63) is 52.4 Å². The number of nitrogens with zero attached hydrogens (tertiary/aromatic N) is 4. The SMILES string of the molecule is Cc1nc2nncn2c(NCc2ccccc2Cl)c1C. The van der Waals surface area contributed by atoms with Crippen LogP contribution in [0.5, 0.6) is 0 Å². The van der Waals surface area contributed by atoms with Crippen LogP contribution < -0.4 is 5.32 Å². The molecule has 1 aromatic carbocycles. The van der Waals surface area contributed by atoms with Gasteiger partial charge in [-0.05, 0) is 25.5 Å². The summed E-state index contributed by atoms with van der Waals surface area (Å²) >= 11 is 6.17. The zero-order valence-corrected chi connectivity index (χ0v) is 12.0. The van der Waals surface area contributed by atoms with E-state index in [4.69, 9.17) is 11.6 Å². The summed E-state index contributed by atoms with van der Waals surface area (Å²) in [6, 6.07) is 7.78. The fourth-order valence-corrected chi connectivity index (χ4v) is 2.29. The second kappa shape index (κ2) is 5.09. The number of benzene rings is 1. The van der Waals surface area contributed by atoms with Gasteiger partial charge in [-0.25, -0.2) is 4.98 Å². The molecule has 0 saturated heterocycles. The molecule has 2 aromatic heterocycles. The summed E-state index contributed by atoms with van der Waals surface area (Å²) in [6.07, 6.45) is 1.66. The van der Waals surface area contributed by atoms with E-state index < -0.39 is 0 Å². The number of halogens is 1. The van der Waals surface area contributed by atoms with Gasteiger partial charge in [0.15, 0.2) is 0 Å². The van der Waals surface area contributed by atoms with E-state index >= 15 is 0 Å². The van der Waals surface area contributed by atoms with Crippen LogP contribution in [0, 0.1) is 13.8 Å². The molecular weight excluding hydrogens is 274 g/mol. The van der Waals surface area contributed by atoms with E-state index in [1.54, 1.807) is 6.33 Å². The van der Waals surface area contributed by atoms with Gasteiger partial charge < -0.3 is 5.32 Å². The molecule has 2 heterocycles. The Balaban J connectivity index is 1.97. The van der Waals surface area contributed by atoms with Crippen molar-refractivity contribution in [2.75, 3.05) is 5.32 Å². The maximum absolute atomic E-state index is 6.17. The Morgan fingerprint density at radius 3 is 2.85 bits per heavy atom. The summed E-state index contributed by atoms with van der Waals surface area (Å²) in [7, 11) is 0. The minimum absolute atomic E-state index is 0.592. The van der Waals surface area contributed by atoms with Gasteiger partial charge >= 0.3 is 0 Å². The molecule has 0 fully saturated rings. The Morgan fingerprint density at radius 2 is 2.05 bits per heavy atom. The molecule has 3 rings (SSSR count). The van der Waals surface area contributed by atoms with Crippen LogP contribution in [0.3, 0.4) is 0 Å². The van der Waals surface area contributed by atoms with Crippen LogP contribution in [0.2, 0.25) is 5.02 Å². The number of anilines is 1. The summed E-state index contributed by atoms with van der Waals surface area (Å²) in [4.78, 5) is 4.39. The molecule has 0 aliphatic carbocycles. The Kier molecular flexibility index (Phi) is 3.28. The van der Waals surface area contributed by atoms with Crippen LogP contribution in [-0.4, -0.2) is 19.6 Å². The van der Waals surface area contributed by atoms with E-state index in [0.717, 1.165) is 27.7 Å². The second-order valence-electron chi connectivity index (χ2n) is 4.62. The normalized spacial score (nSPS) is 10.9. The zero-order valence-electron chi connectivity index (χ0n) is 11.3. The number of rotatable bonds is 3. The number of hydrogen-bond donors (Lipinski definition) is 1. The van der Waals surface area contributed by atoms with Crippen molar-refractivity contribution in [1.82, 2.24) is 19.6 Å². The number of nitrogens with one attached hydrogen (secondary N) is 1. The Morgan fingerprint density at radius 1 is 1.25 bits per heavy atom. The lowest BCUT2D eigenvalue weighted by Gasteiger charge is -2.13. The molecule has 0 radical (unpaired) electrons. The minimum Gasteiger partial charge on any atom is -0.367 e. The summed E-state index contributed by atoms with van der Waals surface area (Å²) in [5, 5.41) is 12.0. The summed E-state index contributed by atoms with van der Waals surface area (Å²) in [6.45, 7) is 4.62. The van der Waals surface area contributed by atoms with Gasteiger partial charge in [0.2, 0.25) is 0 Å². The van der Waals surface area contributed by atoms with Gasteiger partial charge in [0.1, 0.15) is 12.1 Å². The second-order valence-corrected chi connectivity index (χ2v) is 5.02. The third-order valence-electron chi connectivity index (χ3n) is 3.34. The van der Waals surface area contributed by atoms with Crippen LogP contribution in [0.15, 0.2) is 30.6 Å². The Bertz CT molecular complexity index is 765. The van der Waals surface area contributed by atoms with Crippen LogP contribution in [0.1, 0.15) is 16.8 Å². The Hall–Kier alpha value is -2.14. The fourth-order valence-electron chi connectivity index (χ4n) is 2.09. The van der Waals surface area contributed by atoms with Gasteiger partial charge in [-0.3, -0.25) is 4.40 Å². The van der Waals surface area contributed by atoms with E-state index in [0.29, 0.717) is 12.3 Å². The first-order valence-corrected chi connectivity index (χ1v) is 6.69. The molecule has 5 nitrogen and oxygen atoms in total. The van der Waals surface area contributed by atoms with Crippen molar-refractivity contribution in [2.24, 2.45) is 0 Å².